The van der Waals surface area contributed by atoms with Gasteiger partial charge in [-0.15, -0.1) is 0 Å². The van der Waals surface area contributed by atoms with Crippen LogP contribution < -0.4 is 22.5 Å². The van der Waals surface area contributed by atoms with Crippen molar-refractivity contribution in [3.05, 3.63) is 29.8 Å². The minimum absolute atomic E-state index is 0. The summed E-state index contributed by atoms with van der Waals surface area (Å²) in [6.45, 7) is 6.76. The molecule has 0 aromatic heterocycles. The lowest BCUT2D eigenvalue weighted by Crippen LogP contribution is -3.00. The topological polar surface area (TPSA) is 67.8 Å². The number of ether oxygens (including phenoxy) is 2. The molecule has 0 aliphatic carbocycles. The number of β-amino-alcohol motifs (C(OH)–C–C–N with tert-alkyl or cyclic N) is 1. The Bertz CT molecular complexity index is 428. The Morgan fingerprint density at radius 1 is 1.29 bits per heavy atom. The molecule has 1 unspecified atom stereocenters. The minimum Gasteiger partial charge on any atom is -1.00 e. The third kappa shape index (κ3) is 7.90. The first-order chi connectivity index (χ1) is 9.31. The van der Waals surface area contributed by atoms with Crippen LogP contribution in [0.2, 0.25) is 0 Å². The highest BCUT2D eigenvalue weighted by atomic mass is 35.5. The first-order valence-electron chi connectivity index (χ1n) is 6.56. The summed E-state index contributed by atoms with van der Waals surface area (Å²) in [7, 11) is 1.34. The molecule has 0 bridgehead atoms. The number of rotatable bonds is 6. The van der Waals surface area contributed by atoms with Crippen molar-refractivity contribution < 1.29 is 31.8 Å². The first kappa shape index (κ1) is 19.7. The molecule has 1 aromatic carbocycles. The number of halogens is 1. The van der Waals surface area contributed by atoms with Crippen molar-refractivity contribution in [2.45, 2.75) is 32.4 Å². The maximum Gasteiger partial charge on any atom is 0.337 e. The average molecular weight is 317 g/mol. The maximum atomic E-state index is 11.3. The van der Waals surface area contributed by atoms with Crippen molar-refractivity contribution >= 4 is 5.97 Å². The molecule has 0 spiro atoms. The van der Waals surface area contributed by atoms with Crippen molar-refractivity contribution in [2.24, 2.45) is 0 Å². The lowest BCUT2D eigenvalue weighted by molar-refractivity contribution is -0.0000210. The highest BCUT2D eigenvalue weighted by Crippen LogP contribution is 2.13. The number of aliphatic hydroxyl groups is 1. The smallest absolute Gasteiger partial charge is 0.337 e. The lowest BCUT2D eigenvalue weighted by Gasteiger charge is -2.22. The molecule has 21 heavy (non-hydrogen) atoms. The van der Waals surface area contributed by atoms with Gasteiger partial charge in [-0.3, -0.25) is 0 Å². The molecule has 1 atom stereocenters. The van der Waals surface area contributed by atoms with Crippen LogP contribution in [-0.2, 0) is 4.74 Å². The van der Waals surface area contributed by atoms with Crippen LogP contribution in [0.3, 0.4) is 0 Å². The zero-order valence-corrected chi connectivity index (χ0v) is 13.6. The van der Waals surface area contributed by atoms with Gasteiger partial charge in [0.2, 0.25) is 0 Å². The van der Waals surface area contributed by atoms with Crippen LogP contribution in [0.4, 0.5) is 0 Å². The predicted octanol–water partition coefficient (Wildman–Crippen LogP) is -1.39. The van der Waals surface area contributed by atoms with E-state index in [-0.39, 0.29) is 30.5 Å². The van der Waals surface area contributed by atoms with Crippen molar-refractivity contribution in [2.75, 3.05) is 20.3 Å². The number of esters is 1. The number of benzene rings is 1. The van der Waals surface area contributed by atoms with Gasteiger partial charge in [0.15, 0.2) is 0 Å². The van der Waals surface area contributed by atoms with Crippen LogP contribution in [0.25, 0.3) is 0 Å². The highest BCUT2D eigenvalue weighted by molar-refractivity contribution is 5.89. The van der Waals surface area contributed by atoms with Crippen molar-refractivity contribution in [3.8, 4) is 5.75 Å². The van der Waals surface area contributed by atoms with Crippen LogP contribution >= 0.6 is 0 Å². The van der Waals surface area contributed by atoms with Gasteiger partial charge in [-0.1, -0.05) is 0 Å². The predicted molar refractivity (Wildman–Crippen MR) is 77.0 cm³/mol. The molecule has 1 aromatic rings. The van der Waals surface area contributed by atoms with Gasteiger partial charge in [0.25, 0.3) is 0 Å². The molecular weight excluding hydrogens is 294 g/mol. The monoisotopic (exact) mass is 316 g/mol. The number of hydrogen-bond acceptors (Lipinski definition) is 5. The molecule has 5 nitrogen and oxygen atoms in total. The van der Waals surface area contributed by atoms with Crippen LogP contribution in [0.1, 0.15) is 31.1 Å². The minimum atomic E-state index is -0.588. The summed E-state index contributed by atoms with van der Waals surface area (Å²) in [6.07, 6.45) is -0.588. The molecule has 0 fully saturated rings. The summed E-state index contributed by atoms with van der Waals surface area (Å²) in [5.41, 5.74) is 0.429. The van der Waals surface area contributed by atoms with Crippen molar-refractivity contribution in [1.82, 2.24) is 5.32 Å². The van der Waals surface area contributed by atoms with Gasteiger partial charge >= 0.3 is 5.97 Å². The lowest BCUT2D eigenvalue weighted by atomic mass is 10.1. The number of nitrogens with one attached hydrogen (secondary N) is 1. The molecular formula is C15H23ClNO4-. The second-order valence-corrected chi connectivity index (χ2v) is 5.61. The molecule has 6 heteroatoms. The highest BCUT2D eigenvalue weighted by Gasteiger charge is 2.12. The largest absolute Gasteiger partial charge is 1.00 e. The molecule has 0 amide bonds. The molecule has 0 radical (unpaired) electrons. The molecule has 0 aliphatic rings. The Labute approximate surface area is 132 Å². The summed E-state index contributed by atoms with van der Waals surface area (Å²) >= 11 is 0. The van der Waals surface area contributed by atoms with Crippen LogP contribution in [0.5, 0.6) is 5.75 Å². The third-order valence-corrected chi connectivity index (χ3v) is 2.59. The van der Waals surface area contributed by atoms with Crippen LogP contribution in [-0.4, -0.2) is 43.0 Å². The van der Waals surface area contributed by atoms with Crippen LogP contribution in [0.15, 0.2) is 24.3 Å². The van der Waals surface area contributed by atoms with E-state index in [9.17, 15) is 9.90 Å². The normalized spacial score (nSPS) is 12.2. The fraction of sp³-hybridized carbons (Fsp3) is 0.533. The number of aliphatic hydroxyl groups excluding tert-OH is 1. The van der Waals surface area contributed by atoms with E-state index in [2.05, 4.69) is 10.1 Å². The Morgan fingerprint density at radius 3 is 2.33 bits per heavy atom. The Kier molecular flexibility index (Phi) is 8.32. The summed E-state index contributed by atoms with van der Waals surface area (Å²) in [4.78, 5) is 11.3. The Morgan fingerprint density at radius 2 is 1.86 bits per heavy atom. The van der Waals surface area contributed by atoms with Gasteiger partial charge in [-0.25, -0.2) is 4.79 Å². The van der Waals surface area contributed by atoms with E-state index in [0.717, 1.165) is 0 Å². The van der Waals surface area contributed by atoms with Gasteiger partial charge in [-0.05, 0) is 45.0 Å². The Balaban J connectivity index is 0.00000400. The molecule has 1 rings (SSSR count). The van der Waals surface area contributed by atoms with Gasteiger partial charge in [-0.2, -0.15) is 0 Å². The first-order valence-corrected chi connectivity index (χ1v) is 6.56. The quantitative estimate of drug-likeness (QED) is 0.632. The summed E-state index contributed by atoms with van der Waals surface area (Å²) in [6, 6.07) is 6.61. The summed E-state index contributed by atoms with van der Waals surface area (Å²) < 4.78 is 10.1. The van der Waals surface area contributed by atoms with E-state index < -0.39 is 6.10 Å². The molecule has 0 saturated carbocycles. The van der Waals surface area contributed by atoms with Crippen molar-refractivity contribution in [3.63, 3.8) is 0 Å². The molecule has 120 valence electrons. The second-order valence-electron chi connectivity index (χ2n) is 5.61. The standard InChI is InChI=1S/C15H23NO4.ClH/c1-15(2,3)16-9-12(17)10-20-13-7-5-11(6-8-13)14(18)19-4;/h5-8,12,16-17H,9-10H2,1-4H3;1H/p-1. The van der Waals surface area contributed by atoms with E-state index in [1.807, 2.05) is 20.8 Å². The van der Waals surface area contributed by atoms with Crippen LogP contribution in [0, 0.1) is 0 Å². The molecule has 0 aliphatic heterocycles. The van der Waals surface area contributed by atoms with Gasteiger partial charge in [0, 0.05) is 12.1 Å². The SMILES string of the molecule is COC(=O)c1ccc(OCC(O)CNC(C)(C)C)cc1.[Cl-]. The zero-order valence-electron chi connectivity index (χ0n) is 12.9. The van der Waals surface area contributed by atoms with Gasteiger partial charge < -0.3 is 32.3 Å². The van der Waals surface area contributed by atoms with Gasteiger partial charge in [0.05, 0.1) is 12.7 Å². The number of carbonyl (C=O) groups is 1. The van der Waals surface area contributed by atoms with E-state index >= 15 is 0 Å². The fourth-order valence-corrected chi connectivity index (χ4v) is 1.48. The summed E-state index contributed by atoms with van der Waals surface area (Å²) in [5.74, 6) is 0.221. The van der Waals surface area contributed by atoms with E-state index in [1.54, 1.807) is 24.3 Å². The number of methoxy groups -OCH3 is 1. The second kappa shape index (κ2) is 8.87. The van der Waals surface area contributed by atoms with E-state index in [4.69, 9.17) is 4.74 Å². The summed E-state index contributed by atoms with van der Waals surface area (Å²) in [5, 5.41) is 13.0. The van der Waals surface area contributed by atoms with Gasteiger partial charge in [0.1, 0.15) is 18.5 Å². The zero-order chi connectivity index (χ0) is 15.2. The fourth-order valence-electron chi connectivity index (χ4n) is 1.48. The third-order valence-electron chi connectivity index (χ3n) is 2.59. The molecule has 0 heterocycles. The van der Waals surface area contributed by atoms with E-state index in [1.165, 1.54) is 7.11 Å². The molecule has 0 saturated heterocycles. The van der Waals surface area contributed by atoms with E-state index in [0.29, 0.717) is 17.9 Å². The van der Waals surface area contributed by atoms with Crippen molar-refractivity contribution in [1.29, 1.82) is 0 Å². The maximum absolute atomic E-state index is 11.3. The number of hydrogen-bond donors (Lipinski definition) is 2. The molecule has 2 N–H and O–H groups in total. The number of carbonyl (C=O) groups excluding carboxylic acids is 1. The Hall–Kier alpha value is -1.30. The average Bonchev–Trinajstić information content (AvgIpc) is 2.41.